The summed E-state index contributed by atoms with van der Waals surface area (Å²) >= 11 is 1.73. The van der Waals surface area contributed by atoms with Crippen molar-refractivity contribution in [1.82, 2.24) is 4.98 Å². The van der Waals surface area contributed by atoms with Crippen LogP contribution in [0.5, 0.6) is 11.5 Å². The summed E-state index contributed by atoms with van der Waals surface area (Å²) in [6, 6.07) is 6.02. The van der Waals surface area contributed by atoms with E-state index in [4.69, 9.17) is 14.5 Å². The zero-order chi connectivity index (χ0) is 12.7. The van der Waals surface area contributed by atoms with Crippen LogP contribution in [0, 0.1) is 0 Å². The molecule has 0 aliphatic carbocycles. The molecule has 0 radical (unpaired) electrons. The normalized spacial score (nSPS) is 15.8. The molecule has 0 atom stereocenters. The second-order valence-corrected chi connectivity index (χ2v) is 5.75. The number of thiazole rings is 1. The van der Waals surface area contributed by atoms with Gasteiger partial charge in [0, 0.05) is 12.1 Å². The highest BCUT2D eigenvalue weighted by molar-refractivity contribution is 7.19. The van der Waals surface area contributed by atoms with Gasteiger partial charge in [0.05, 0.1) is 5.69 Å². The lowest BCUT2D eigenvalue weighted by Gasteiger charge is -2.00. The molecule has 1 N–H and O–H groups in total. The number of anilines is 1. The number of aryl methyl sites for hydroxylation is 1. The fourth-order valence-corrected chi connectivity index (χ4v) is 3.47. The first-order valence-electron chi connectivity index (χ1n) is 6.54. The van der Waals surface area contributed by atoms with Crippen molar-refractivity contribution in [3.05, 3.63) is 23.9 Å². The topological polar surface area (TPSA) is 43.4 Å². The minimum Gasteiger partial charge on any atom is -0.454 e. The number of fused-ring (bicyclic) bond motifs is 2. The van der Waals surface area contributed by atoms with E-state index in [1.54, 1.807) is 11.3 Å². The molecule has 3 heterocycles. The Labute approximate surface area is 127 Å². The summed E-state index contributed by atoms with van der Waals surface area (Å²) in [5.74, 6) is 1.64. The Hall–Kier alpha value is -1.46. The average molecular weight is 311 g/mol. The van der Waals surface area contributed by atoms with Crippen LogP contribution in [-0.2, 0) is 6.42 Å². The molecule has 0 amide bonds. The third kappa shape index (κ3) is 2.31. The lowest BCUT2D eigenvalue weighted by atomic mass is 10.2. The molecule has 2 aliphatic rings. The number of hydrogen-bond donors (Lipinski definition) is 1. The molecule has 1 aromatic carbocycles. The van der Waals surface area contributed by atoms with E-state index in [1.807, 2.05) is 18.2 Å². The lowest BCUT2D eigenvalue weighted by Crippen LogP contribution is -1.96. The van der Waals surface area contributed by atoms with Gasteiger partial charge in [0.1, 0.15) is 10.0 Å². The van der Waals surface area contributed by atoms with E-state index < -0.39 is 0 Å². The summed E-state index contributed by atoms with van der Waals surface area (Å²) in [4.78, 5) is 4.77. The summed E-state index contributed by atoms with van der Waals surface area (Å²) in [5, 5.41) is 5.75. The number of ether oxygens (including phenoxy) is 2. The summed E-state index contributed by atoms with van der Waals surface area (Å²) in [6.07, 6.45) is 3.51. The molecule has 0 spiro atoms. The fraction of sp³-hybridized carbons (Fsp3) is 0.357. The van der Waals surface area contributed by atoms with E-state index in [0.29, 0.717) is 6.79 Å². The molecule has 6 heteroatoms. The van der Waals surface area contributed by atoms with Crippen molar-refractivity contribution in [2.24, 2.45) is 0 Å². The van der Waals surface area contributed by atoms with Gasteiger partial charge in [0.2, 0.25) is 6.79 Å². The largest absolute Gasteiger partial charge is 0.454 e. The molecule has 0 fully saturated rings. The van der Waals surface area contributed by atoms with Crippen LogP contribution in [0.1, 0.15) is 18.5 Å². The SMILES string of the molecule is Cl.c1cc2c(cc1-c1nc3c(s1)NCCCC3)OCO2. The van der Waals surface area contributed by atoms with Gasteiger partial charge in [-0.1, -0.05) is 11.3 Å². The van der Waals surface area contributed by atoms with Crippen molar-refractivity contribution in [2.45, 2.75) is 19.3 Å². The van der Waals surface area contributed by atoms with Gasteiger partial charge in [-0.25, -0.2) is 4.98 Å². The zero-order valence-corrected chi connectivity index (χ0v) is 12.5. The predicted octanol–water partition coefficient (Wildman–Crippen LogP) is 3.71. The van der Waals surface area contributed by atoms with Gasteiger partial charge in [-0.2, -0.15) is 0 Å². The first kappa shape index (κ1) is 13.5. The summed E-state index contributed by atoms with van der Waals surface area (Å²) in [7, 11) is 0. The molecule has 2 aliphatic heterocycles. The van der Waals surface area contributed by atoms with Crippen LogP contribution >= 0.6 is 23.7 Å². The molecule has 0 bridgehead atoms. The van der Waals surface area contributed by atoms with Crippen LogP contribution in [0.25, 0.3) is 10.6 Å². The Kier molecular flexibility index (Phi) is 3.72. The Morgan fingerprint density at radius 2 is 2.05 bits per heavy atom. The number of rotatable bonds is 1. The van der Waals surface area contributed by atoms with E-state index in [-0.39, 0.29) is 12.4 Å². The number of nitrogens with one attached hydrogen (secondary N) is 1. The molecule has 0 saturated carbocycles. The third-order valence-electron chi connectivity index (χ3n) is 3.44. The number of benzene rings is 1. The molecule has 20 heavy (non-hydrogen) atoms. The highest BCUT2D eigenvalue weighted by Gasteiger charge is 2.18. The van der Waals surface area contributed by atoms with Gasteiger partial charge < -0.3 is 14.8 Å². The summed E-state index contributed by atoms with van der Waals surface area (Å²) < 4.78 is 10.8. The average Bonchev–Trinajstić information content (AvgIpc) is 3.00. The Bertz CT molecular complexity index is 606. The second-order valence-electron chi connectivity index (χ2n) is 4.75. The van der Waals surface area contributed by atoms with Gasteiger partial charge in [-0.15, -0.1) is 12.4 Å². The Morgan fingerprint density at radius 3 is 3.00 bits per heavy atom. The summed E-state index contributed by atoms with van der Waals surface area (Å²) in [6.45, 7) is 1.37. The van der Waals surface area contributed by atoms with E-state index >= 15 is 0 Å². The van der Waals surface area contributed by atoms with Crippen molar-refractivity contribution < 1.29 is 9.47 Å². The molecule has 2 aromatic rings. The maximum absolute atomic E-state index is 5.42. The highest BCUT2D eigenvalue weighted by Crippen LogP contribution is 2.39. The molecule has 4 nitrogen and oxygen atoms in total. The van der Waals surface area contributed by atoms with Crippen molar-refractivity contribution in [2.75, 3.05) is 18.7 Å². The van der Waals surface area contributed by atoms with Crippen molar-refractivity contribution in [1.29, 1.82) is 0 Å². The lowest BCUT2D eigenvalue weighted by molar-refractivity contribution is 0.174. The van der Waals surface area contributed by atoms with Crippen LogP contribution in [0.15, 0.2) is 18.2 Å². The predicted molar refractivity (Wildman–Crippen MR) is 82.3 cm³/mol. The smallest absolute Gasteiger partial charge is 0.231 e. The molecule has 0 unspecified atom stereocenters. The quantitative estimate of drug-likeness (QED) is 0.872. The van der Waals surface area contributed by atoms with Crippen molar-refractivity contribution in [3.8, 4) is 22.1 Å². The zero-order valence-electron chi connectivity index (χ0n) is 10.8. The Balaban J connectivity index is 0.00000121. The maximum Gasteiger partial charge on any atom is 0.231 e. The van der Waals surface area contributed by atoms with E-state index in [2.05, 4.69) is 5.32 Å². The second kappa shape index (κ2) is 5.50. The molecular weight excluding hydrogens is 296 g/mol. The van der Waals surface area contributed by atoms with Crippen LogP contribution in [-0.4, -0.2) is 18.3 Å². The van der Waals surface area contributed by atoms with Crippen LogP contribution in [0.4, 0.5) is 5.00 Å². The van der Waals surface area contributed by atoms with Gasteiger partial charge in [0.15, 0.2) is 11.5 Å². The molecule has 4 rings (SSSR count). The van der Waals surface area contributed by atoms with Gasteiger partial charge in [-0.05, 0) is 37.5 Å². The number of halogens is 1. The van der Waals surface area contributed by atoms with Crippen LogP contribution < -0.4 is 14.8 Å². The maximum atomic E-state index is 5.42. The first-order valence-corrected chi connectivity index (χ1v) is 7.35. The third-order valence-corrected chi connectivity index (χ3v) is 4.55. The fourth-order valence-electron chi connectivity index (χ4n) is 2.43. The van der Waals surface area contributed by atoms with E-state index in [9.17, 15) is 0 Å². The van der Waals surface area contributed by atoms with E-state index in [0.717, 1.165) is 35.0 Å². The van der Waals surface area contributed by atoms with Gasteiger partial charge in [0.25, 0.3) is 0 Å². The number of aromatic nitrogens is 1. The summed E-state index contributed by atoms with van der Waals surface area (Å²) in [5.41, 5.74) is 2.30. The van der Waals surface area contributed by atoms with E-state index in [1.165, 1.54) is 23.5 Å². The first-order chi connectivity index (χ1) is 9.40. The minimum atomic E-state index is 0. The van der Waals surface area contributed by atoms with Crippen LogP contribution in [0.3, 0.4) is 0 Å². The van der Waals surface area contributed by atoms with Gasteiger partial charge in [-0.3, -0.25) is 0 Å². The van der Waals surface area contributed by atoms with Gasteiger partial charge >= 0.3 is 0 Å². The molecule has 1 aromatic heterocycles. The number of hydrogen-bond acceptors (Lipinski definition) is 5. The monoisotopic (exact) mass is 310 g/mol. The molecule has 0 saturated heterocycles. The number of nitrogens with zero attached hydrogens (tertiary/aromatic N) is 1. The van der Waals surface area contributed by atoms with Crippen molar-refractivity contribution >= 4 is 28.7 Å². The van der Waals surface area contributed by atoms with Crippen molar-refractivity contribution in [3.63, 3.8) is 0 Å². The van der Waals surface area contributed by atoms with Crippen LogP contribution in [0.2, 0.25) is 0 Å². The highest BCUT2D eigenvalue weighted by atomic mass is 35.5. The Morgan fingerprint density at radius 1 is 1.15 bits per heavy atom. The standard InChI is InChI=1S/C14H14N2O2S.ClH/c1-2-6-15-14-10(3-1)16-13(19-14)9-4-5-11-12(7-9)18-8-17-11;/h4-5,7,15H,1-3,6,8H2;1H. The molecular formula is C14H15ClN2O2S. The molecule has 106 valence electrons. The minimum absolute atomic E-state index is 0.